The minimum atomic E-state index is 0.584. The molecular formula is C20H37NO. The van der Waals surface area contributed by atoms with E-state index in [0.29, 0.717) is 6.10 Å². The highest BCUT2D eigenvalue weighted by Crippen LogP contribution is 2.35. The Morgan fingerprint density at radius 2 is 1.41 bits per heavy atom. The first kappa shape index (κ1) is 16.8. The molecule has 22 heavy (non-hydrogen) atoms. The maximum Gasteiger partial charge on any atom is 0.0575 e. The third-order valence-electron chi connectivity index (χ3n) is 6.36. The van der Waals surface area contributed by atoms with Crippen molar-refractivity contribution in [1.82, 2.24) is 4.90 Å². The number of hydrogen-bond donors (Lipinski definition) is 0. The van der Waals surface area contributed by atoms with E-state index in [2.05, 4.69) is 4.90 Å². The molecule has 2 heteroatoms. The van der Waals surface area contributed by atoms with Crippen molar-refractivity contribution >= 4 is 0 Å². The van der Waals surface area contributed by atoms with Crippen LogP contribution in [0.5, 0.6) is 0 Å². The van der Waals surface area contributed by atoms with Gasteiger partial charge in [0.05, 0.1) is 6.10 Å². The lowest BCUT2D eigenvalue weighted by Crippen LogP contribution is -2.26. The predicted molar refractivity (Wildman–Crippen MR) is 93.2 cm³/mol. The van der Waals surface area contributed by atoms with Crippen LogP contribution in [0.3, 0.4) is 0 Å². The number of likely N-dealkylation sites (tertiary alicyclic amines) is 1. The normalized spacial score (nSPS) is 31.6. The lowest BCUT2D eigenvalue weighted by Gasteiger charge is -2.32. The first-order valence-electron chi connectivity index (χ1n) is 10.2. The third-order valence-corrected chi connectivity index (χ3v) is 6.36. The van der Waals surface area contributed by atoms with Gasteiger partial charge in [0.15, 0.2) is 0 Å². The number of nitrogens with zero attached hydrogens (tertiary/aromatic N) is 1. The molecule has 2 aliphatic carbocycles. The van der Waals surface area contributed by atoms with E-state index in [9.17, 15) is 0 Å². The highest BCUT2D eigenvalue weighted by atomic mass is 16.5. The predicted octanol–water partition coefficient (Wildman–Crippen LogP) is 5.02. The molecule has 0 aromatic rings. The van der Waals surface area contributed by atoms with Crippen LogP contribution in [0.25, 0.3) is 0 Å². The molecule has 2 saturated carbocycles. The molecule has 3 rings (SSSR count). The molecule has 0 amide bonds. The zero-order valence-electron chi connectivity index (χ0n) is 14.6. The summed E-state index contributed by atoms with van der Waals surface area (Å²) in [6, 6.07) is 0. The molecule has 3 aliphatic rings. The van der Waals surface area contributed by atoms with Crippen molar-refractivity contribution in [2.75, 3.05) is 26.2 Å². The summed E-state index contributed by atoms with van der Waals surface area (Å²) < 4.78 is 6.15. The highest BCUT2D eigenvalue weighted by molar-refractivity contribution is 4.77. The molecular weight excluding hydrogens is 270 g/mol. The van der Waals surface area contributed by atoms with Crippen molar-refractivity contribution in [3.8, 4) is 0 Å². The summed E-state index contributed by atoms with van der Waals surface area (Å²) in [7, 11) is 0. The van der Waals surface area contributed by atoms with Crippen LogP contribution in [0.4, 0.5) is 0 Å². The first-order chi connectivity index (χ1) is 10.9. The lowest BCUT2D eigenvalue weighted by molar-refractivity contribution is 0.0114. The van der Waals surface area contributed by atoms with Crippen LogP contribution in [-0.2, 0) is 4.74 Å². The topological polar surface area (TPSA) is 12.5 Å². The molecule has 0 spiro atoms. The zero-order chi connectivity index (χ0) is 15.0. The van der Waals surface area contributed by atoms with Crippen LogP contribution < -0.4 is 0 Å². The van der Waals surface area contributed by atoms with Crippen molar-refractivity contribution in [2.24, 2.45) is 11.8 Å². The van der Waals surface area contributed by atoms with E-state index in [1.165, 1.54) is 103 Å². The molecule has 1 aliphatic heterocycles. The van der Waals surface area contributed by atoms with E-state index in [4.69, 9.17) is 4.74 Å². The van der Waals surface area contributed by atoms with Crippen LogP contribution in [0.15, 0.2) is 0 Å². The van der Waals surface area contributed by atoms with E-state index >= 15 is 0 Å². The maximum absolute atomic E-state index is 6.15. The summed E-state index contributed by atoms with van der Waals surface area (Å²) in [5.74, 6) is 2.09. The molecule has 0 aromatic carbocycles. The van der Waals surface area contributed by atoms with E-state index in [0.717, 1.165) is 18.4 Å². The minimum Gasteiger partial charge on any atom is -0.378 e. The molecule has 3 fully saturated rings. The fourth-order valence-corrected chi connectivity index (χ4v) is 4.97. The molecule has 2 nitrogen and oxygen atoms in total. The monoisotopic (exact) mass is 307 g/mol. The van der Waals surface area contributed by atoms with Gasteiger partial charge in [-0.05, 0) is 76.3 Å². The number of hydrogen-bond acceptors (Lipinski definition) is 2. The Morgan fingerprint density at radius 3 is 2.14 bits per heavy atom. The minimum absolute atomic E-state index is 0.584. The third kappa shape index (κ3) is 5.53. The maximum atomic E-state index is 6.15. The first-order valence-corrected chi connectivity index (χ1v) is 10.2. The summed E-state index contributed by atoms with van der Waals surface area (Å²) in [4.78, 5) is 2.60. The van der Waals surface area contributed by atoms with Crippen molar-refractivity contribution in [1.29, 1.82) is 0 Å². The number of rotatable bonds is 7. The van der Waals surface area contributed by atoms with Crippen molar-refractivity contribution in [3.05, 3.63) is 0 Å². The zero-order valence-corrected chi connectivity index (χ0v) is 14.6. The molecule has 0 atom stereocenters. The summed E-state index contributed by atoms with van der Waals surface area (Å²) in [5.41, 5.74) is 0. The van der Waals surface area contributed by atoms with Gasteiger partial charge >= 0.3 is 0 Å². The Hall–Kier alpha value is -0.0800. The summed E-state index contributed by atoms with van der Waals surface area (Å²) in [6.45, 7) is 4.91. The van der Waals surface area contributed by atoms with Crippen LogP contribution in [0, 0.1) is 11.8 Å². The Labute approximate surface area is 138 Å². The average Bonchev–Trinajstić information content (AvgIpc) is 3.07. The van der Waals surface area contributed by atoms with Gasteiger partial charge in [-0.15, -0.1) is 0 Å². The molecule has 128 valence electrons. The molecule has 1 heterocycles. The quantitative estimate of drug-likeness (QED) is 0.612. The van der Waals surface area contributed by atoms with Gasteiger partial charge in [-0.2, -0.15) is 0 Å². The van der Waals surface area contributed by atoms with E-state index in [-0.39, 0.29) is 0 Å². The molecule has 0 N–H and O–H groups in total. The van der Waals surface area contributed by atoms with Gasteiger partial charge in [0.1, 0.15) is 0 Å². The van der Waals surface area contributed by atoms with Gasteiger partial charge in [-0.25, -0.2) is 0 Å². The van der Waals surface area contributed by atoms with Crippen molar-refractivity contribution < 1.29 is 4.74 Å². The van der Waals surface area contributed by atoms with Crippen LogP contribution in [0.1, 0.15) is 83.5 Å². The fourth-order valence-electron chi connectivity index (χ4n) is 4.97. The van der Waals surface area contributed by atoms with E-state index in [1.807, 2.05) is 0 Å². The highest BCUT2D eigenvalue weighted by Gasteiger charge is 2.25. The standard InChI is InChI=1S/C20H37NO/c1-2-7-18(8-3-1)17-19-9-11-20(12-10-19)22-16-6-15-21-13-4-5-14-21/h18-20H,1-17H2. The SMILES string of the molecule is C1CCC(CC2CCC(OCCCN3CCCC3)CC2)CC1. The molecule has 0 aromatic heterocycles. The van der Waals surface area contributed by atoms with Gasteiger partial charge in [0.2, 0.25) is 0 Å². The Bertz CT molecular complexity index is 286. The Balaban J connectivity index is 1.22. The summed E-state index contributed by atoms with van der Waals surface area (Å²) in [5, 5.41) is 0. The van der Waals surface area contributed by atoms with Gasteiger partial charge < -0.3 is 9.64 Å². The largest absolute Gasteiger partial charge is 0.378 e. The summed E-state index contributed by atoms with van der Waals surface area (Å²) >= 11 is 0. The van der Waals surface area contributed by atoms with Crippen LogP contribution >= 0.6 is 0 Å². The second-order valence-electron chi connectivity index (χ2n) is 8.16. The van der Waals surface area contributed by atoms with E-state index < -0.39 is 0 Å². The van der Waals surface area contributed by atoms with Gasteiger partial charge in [0, 0.05) is 13.2 Å². The van der Waals surface area contributed by atoms with Crippen molar-refractivity contribution in [3.63, 3.8) is 0 Å². The van der Waals surface area contributed by atoms with E-state index in [1.54, 1.807) is 0 Å². The lowest BCUT2D eigenvalue weighted by atomic mass is 9.77. The average molecular weight is 308 g/mol. The van der Waals surface area contributed by atoms with Crippen LogP contribution in [0.2, 0.25) is 0 Å². The Kier molecular flexibility index (Phi) is 7.07. The molecule has 1 saturated heterocycles. The van der Waals surface area contributed by atoms with Crippen LogP contribution in [-0.4, -0.2) is 37.2 Å². The smallest absolute Gasteiger partial charge is 0.0575 e. The number of ether oxygens (including phenoxy) is 1. The molecule has 0 radical (unpaired) electrons. The van der Waals surface area contributed by atoms with Crippen molar-refractivity contribution in [2.45, 2.75) is 89.6 Å². The Morgan fingerprint density at radius 1 is 0.727 bits per heavy atom. The second-order valence-corrected chi connectivity index (χ2v) is 8.16. The van der Waals surface area contributed by atoms with Gasteiger partial charge in [-0.3, -0.25) is 0 Å². The van der Waals surface area contributed by atoms with Gasteiger partial charge in [-0.1, -0.05) is 32.1 Å². The molecule has 0 unspecified atom stereocenters. The molecule has 0 bridgehead atoms. The van der Waals surface area contributed by atoms with Gasteiger partial charge in [0.25, 0.3) is 0 Å². The second kappa shape index (κ2) is 9.27. The summed E-state index contributed by atoms with van der Waals surface area (Å²) in [6.07, 6.45) is 19.2. The fraction of sp³-hybridized carbons (Fsp3) is 1.00.